The molecule has 1 aromatic heterocycles. The minimum Gasteiger partial charge on any atom is -0.496 e. The molecule has 0 amide bonds. The van der Waals surface area contributed by atoms with E-state index in [2.05, 4.69) is 12.2 Å². The number of ether oxygens (including phenoxy) is 1. The maximum absolute atomic E-state index is 12.6. The third-order valence-electron chi connectivity index (χ3n) is 5.70. The number of Topliss-reactive ketones (excluding diaryl/α,β-unsaturated/α-hetero) is 1. The van der Waals surface area contributed by atoms with Gasteiger partial charge in [-0.3, -0.25) is 4.79 Å². The van der Waals surface area contributed by atoms with Gasteiger partial charge < -0.3 is 9.15 Å². The van der Waals surface area contributed by atoms with Crippen LogP contribution in [0, 0.1) is 0 Å². The van der Waals surface area contributed by atoms with Crippen molar-refractivity contribution in [3.8, 4) is 5.75 Å². The van der Waals surface area contributed by atoms with Gasteiger partial charge in [0.2, 0.25) is 0 Å². The molecule has 0 aromatic carbocycles. The van der Waals surface area contributed by atoms with Gasteiger partial charge >= 0.3 is 5.63 Å². The number of carbonyl (C=O) groups excluding carboxylic acids is 1. The molecule has 0 N–H and O–H groups in total. The molecular weight excluding hydrogens is 364 g/mol. The van der Waals surface area contributed by atoms with Crippen molar-refractivity contribution in [2.75, 3.05) is 7.11 Å². The molecule has 3 rings (SSSR count). The fourth-order valence-corrected chi connectivity index (χ4v) is 3.94. The van der Waals surface area contributed by atoms with Crippen LogP contribution in [0.2, 0.25) is 0 Å². The highest BCUT2D eigenvalue weighted by molar-refractivity contribution is 5.98. The quantitative estimate of drug-likeness (QED) is 0.485. The molecule has 1 aliphatic carbocycles. The van der Waals surface area contributed by atoms with Gasteiger partial charge in [0.05, 0.1) is 7.11 Å². The van der Waals surface area contributed by atoms with E-state index >= 15 is 0 Å². The Morgan fingerprint density at radius 2 is 1.24 bits per heavy atom. The van der Waals surface area contributed by atoms with Crippen LogP contribution in [0.25, 0.3) is 0 Å². The topological polar surface area (TPSA) is 56.5 Å². The molecule has 0 fully saturated rings. The van der Waals surface area contributed by atoms with Gasteiger partial charge in [-0.25, -0.2) is 4.79 Å². The number of carbonyl (C=O) groups is 1. The molecular formula is C25H38O4. The molecule has 0 unspecified atom stereocenters. The monoisotopic (exact) mass is 402 g/mol. The Morgan fingerprint density at radius 1 is 0.724 bits per heavy atom. The summed E-state index contributed by atoms with van der Waals surface area (Å²) in [4.78, 5) is 25.0. The Balaban J connectivity index is 1.96. The smallest absolute Gasteiger partial charge is 0.350 e. The first-order chi connectivity index (χ1) is 14.2. The van der Waals surface area contributed by atoms with Crippen molar-refractivity contribution < 1.29 is 13.9 Å². The molecule has 2 aliphatic rings. The highest BCUT2D eigenvalue weighted by Gasteiger charge is 2.19. The number of methoxy groups -OCH3 is 1. The van der Waals surface area contributed by atoms with Gasteiger partial charge in [-0.15, -0.1) is 0 Å². The minimum atomic E-state index is -0.546. The first-order valence-corrected chi connectivity index (χ1v) is 11.6. The Hall–Kier alpha value is -1.84. The van der Waals surface area contributed by atoms with Crippen molar-refractivity contribution in [3.05, 3.63) is 40.0 Å². The second-order valence-electron chi connectivity index (χ2n) is 8.16. The molecule has 4 heteroatoms. The predicted octanol–water partition coefficient (Wildman–Crippen LogP) is 6.79. The van der Waals surface area contributed by atoms with Gasteiger partial charge in [0, 0.05) is 18.9 Å². The van der Waals surface area contributed by atoms with E-state index in [1.54, 1.807) is 6.07 Å². The largest absolute Gasteiger partial charge is 0.496 e. The second-order valence-corrected chi connectivity index (χ2v) is 8.16. The molecule has 0 spiro atoms. The Bertz CT molecular complexity index is 687. The fourth-order valence-electron chi connectivity index (χ4n) is 3.94. The molecule has 1 aromatic rings. The number of aryl methyl sites for hydroxylation is 1. The zero-order valence-electron chi connectivity index (χ0n) is 18.2. The number of hydrogen-bond acceptors (Lipinski definition) is 4. The van der Waals surface area contributed by atoms with E-state index in [0.29, 0.717) is 24.4 Å². The molecule has 0 atom stereocenters. The highest BCUT2D eigenvalue weighted by atomic mass is 16.5. The normalized spacial score (nSPS) is 20.2. The van der Waals surface area contributed by atoms with E-state index in [0.717, 1.165) is 32.1 Å². The zero-order valence-corrected chi connectivity index (χ0v) is 18.2. The summed E-state index contributed by atoms with van der Waals surface area (Å²) < 4.78 is 10.8. The lowest BCUT2D eigenvalue weighted by Gasteiger charge is -2.09. The van der Waals surface area contributed by atoms with E-state index in [4.69, 9.17) is 9.15 Å². The molecule has 162 valence electrons. The van der Waals surface area contributed by atoms with Crippen molar-refractivity contribution in [2.24, 2.45) is 0 Å². The molecule has 4 nitrogen and oxygen atoms in total. The molecule has 2 heterocycles. The Morgan fingerprint density at radius 3 is 1.83 bits per heavy atom. The van der Waals surface area contributed by atoms with Crippen molar-refractivity contribution in [1.29, 1.82) is 0 Å². The molecule has 29 heavy (non-hydrogen) atoms. The van der Waals surface area contributed by atoms with Crippen LogP contribution in [0.3, 0.4) is 0 Å². The molecule has 1 aliphatic heterocycles. The first-order valence-electron chi connectivity index (χ1n) is 11.6. The van der Waals surface area contributed by atoms with Gasteiger partial charge in [0.1, 0.15) is 17.1 Å². The van der Waals surface area contributed by atoms with Gasteiger partial charge in [-0.1, -0.05) is 63.5 Å². The molecule has 2 bridgehead atoms. The van der Waals surface area contributed by atoms with Gasteiger partial charge in [-0.05, 0) is 38.5 Å². The Kier molecular flexibility index (Phi) is 11.5. The van der Waals surface area contributed by atoms with E-state index in [1.165, 1.54) is 64.9 Å². The van der Waals surface area contributed by atoms with Crippen LogP contribution < -0.4 is 10.4 Å². The van der Waals surface area contributed by atoms with E-state index in [9.17, 15) is 9.59 Å². The summed E-state index contributed by atoms with van der Waals surface area (Å²) in [5.41, 5.74) is -0.461. The van der Waals surface area contributed by atoms with Crippen molar-refractivity contribution >= 4 is 5.78 Å². The number of fused-ring (bicyclic) bond motifs is 19. The summed E-state index contributed by atoms with van der Waals surface area (Å²) in [5, 5.41) is 0. The van der Waals surface area contributed by atoms with Gasteiger partial charge in [-0.2, -0.15) is 0 Å². The maximum atomic E-state index is 12.6. The fraction of sp³-hybridized carbons (Fsp3) is 0.680. The lowest BCUT2D eigenvalue weighted by molar-refractivity contribution is 0.0971. The van der Waals surface area contributed by atoms with Gasteiger partial charge in [0.15, 0.2) is 5.78 Å². The average Bonchev–Trinajstić information content (AvgIpc) is 2.71. The molecule has 0 saturated heterocycles. The lowest BCUT2D eigenvalue weighted by Crippen LogP contribution is -2.17. The van der Waals surface area contributed by atoms with Crippen LogP contribution in [0.5, 0.6) is 5.75 Å². The van der Waals surface area contributed by atoms with Crippen molar-refractivity contribution in [3.63, 3.8) is 0 Å². The Labute approximate surface area is 175 Å². The predicted molar refractivity (Wildman–Crippen MR) is 118 cm³/mol. The number of hydrogen-bond donors (Lipinski definition) is 0. The summed E-state index contributed by atoms with van der Waals surface area (Å²) >= 11 is 0. The average molecular weight is 403 g/mol. The van der Waals surface area contributed by atoms with Crippen molar-refractivity contribution in [1.82, 2.24) is 0 Å². The van der Waals surface area contributed by atoms with Gasteiger partial charge in [0.25, 0.3) is 0 Å². The van der Waals surface area contributed by atoms with Crippen LogP contribution in [-0.2, 0) is 6.42 Å². The third-order valence-corrected chi connectivity index (χ3v) is 5.70. The van der Waals surface area contributed by atoms with Crippen molar-refractivity contribution in [2.45, 2.75) is 103 Å². The minimum absolute atomic E-state index is 0.0847. The summed E-state index contributed by atoms with van der Waals surface area (Å²) in [6.45, 7) is 0. The van der Waals surface area contributed by atoms with E-state index < -0.39 is 5.63 Å². The summed E-state index contributed by atoms with van der Waals surface area (Å²) in [5.74, 6) is 0.824. The molecule has 0 saturated carbocycles. The van der Waals surface area contributed by atoms with E-state index in [1.807, 2.05) is 0 Å². The van der Waals surface area contributed by atoms with Crippen LogP contribution in [0.4, 0.5) is 0 Å². The van der Waals surface area contributed by atoms with Crippen LogP contribution >= 0.6 is 0 Å². The summed E-state index contributed by atoms with van der Waals surface area (Å²) in [7, 11) is 1.51. The lowest BCUT2D eigenvalue weighted by atomic mass is 10.0. The maximum Gasteiger partial charge on any atom is 0.350 e. The van der Waals surface area contributed by atoms with Crippen LogP contribution in [0.1, 0.15) is 112 Å². The second kappa shape index (κ2) is 14.2. The van der Waals surface area contributed by atoms with Crippen LogP contribution in [-0.4, -0.2) is 12.9 Å². The standard InChI is InChI=1S/C25H38O4/c1-28-23-20-21-18-16-14-12-10-8-6-4-2-3-5-7-9-11-13-15-17-19-22(26)24(23)25(27)29-21/h2-3,20H,4-19H2,1H3/b3-2+. The first kappa shape index (κ1) is 23.4. The van der Waals surface area contributed by atoms with E-state index in [-0.39, 0.29) is 11.3 Å². The zero-order chi connectivity index (χ0) is 20.7. The highest BCUT2D eigenvalue weighted by Crippen LogP contribution is 2.21. The summed E-state index contributed by atoms with van der Waals surface area (Å²) in [6, 6.07) is 1.73. The summed E-state index contributed by atoms with van der Waals surface area (Å²) in [6.07, 6.45) is 22.0. The SMILES string of the molecule is COc1cc2oc(=O)c1C(=O)CCCCCCCC/C=C/CCCCCCCC2. The number of rotatable bonds is 1. The third kappa shape index (κ3) is 9.01. The molecule has 0 radical (unpaired) electrons. The number of ketones is 1. The van der Waals surface area contributed by atoms with Crippen LogP contribution in [0.15, 0.2) is 27.4 Å². The number of allylic oxidation sites excluding steroid dienone is 2.